The number of hydrogen-bond acceptors (Lipinski definition) is 5. The Balaban J connectivity index is 2.21. The Labute approximate surface area is 101 Å². The summed E-state index contributed by atoms with van der Waals surface area (Å²) >= 11 is -2.02. The Hall–Kier alpha value is -1.18. The third-order valence-electron chi connectivity index (χ3n) is 2.75. The van der Waals surface area contributed by atoms with E-state index in [4.69, 9.17) is 4.42 Å². The van der Waals surface area contributed by atoms with Crippen molar-refractivity contribution in [2.75, 3.05) is 20.2 Å². The van der Waals surface area contributed by atoms with E-state index in [0.717, 1.165) is 0 Å². The minimum absolute atomic E-state index is 0.0465. The molecule has 2 heterocycles. The average Bonchev–Trinajstić information content (AvgIpc) is 2.70. The molecule has 2 unspecified atom stereocenters. The van der Waals surface area contributed by atoms with Crippen molar-refractivity contribution in [3.05, 3.63) is 23.7 Å². The quantitative estimate of drug-likeness (QED) is 0.606. The number of rotatable bonds is 4. The molecule has 2 N–H and O–H groups in total. The molecule has 1 aromatic rings. The molecular weight excluding hydrogens is 246 g/mol. The molecule has 0 aliphatic carbocycles. The first-order valence-electron chi connectivity index (χ1n) is 5.12. The van der Waals surface area contributed by atoms with Gasteiger partial charge in [-0.15, -0.1) is 0 Å². The standard InChI is InChI=1S/C10H13NO5S/c1-15-10(12)8-3-2-7(16-8)9(17(13)14)6-4-11-5-6/h2-3,6,9,11H,4-5H2,1H3,(H,13,14). The smallest absolute Gasteiger partial charge is 0.373 e. The second-order valence-corrected chi connectivity index (χ2v) is 4.87. The van der Waals surface area contributed by atoms with Gasteiger partial charge in [-0.1, -0.05) is 0 Å². The molecule has 0 bridgehead atoms. The summed E-state index contributed by atoms with van der Waals surface area (Å²) in [4.78, 5) is 11.2. The minimum atomic E-state index is -2.02. The van der Waals surface area contributed by atoms with Crippen LogP contribution < -0.4 is 5.32 Å². The Kier molecular flexibility index (Phi) is 3.60. The third kappa shape index (κ3) is 2.41. The lowest BCUT2D eigenvalue weighted by molar-refractivity contribution is 0.0562. The highest BCUT2D eigenvalue weighted by molar-refractivity contribution is 7.79. The minimum Gasteiger partial charge on any atom is -0.463 e. The predicted molar refractivity (Wildman–Crippen MR) is 59.9 cm³/mol. The monoisotopic (exact) mass is 259 g/mol. The van der Waals surface area contributed by atoms with Crippen LogP contribution in [0.15, 0.2) is 16.5 Å². The number of hydrogen-bond donors (Lipinski definition) is 2. The molecular formula is C10H13NO5S. The number of carbonyl (C=O) groups excluding carboxylic acids is 1. The number of furan rings is 1. The summed E-state index contributed by atoms with van der Waals surface area (Å²) in [5.41, 5.74) is 0. The maximum atomic E-state index is 11.3. The molecule has 0 spiro atoms. The fourth-order valence-corrected chi connectivity index (χ4v) is 2.58. The van der Waals surface area contributed by atoms with Crippen LogP contribution >= 0.6 is 0 Å². The van der Waals surface area contributed by atoms with Gasteiger partial charge < -0.3 is 19.0 Å². The first-order chi connectivity index (χ1) is 8.13. The summed E-state index contributed by atoms with van der Waals surface area (Å²) < 4.78 is 30.3. The van der Waals surface area contributed by atoms with Crippen LogP contribution in [0.1, 0.15) is 21.6 Å². The fourth-order valence-electron chi connectivity index (χ4n) is 1.74. The van der Waals surface area contributed by atoms with Crippen LogP contribution in [0, 0.1) is 5.92 Å². The number of nitrogens with one attached hydrogen (secondary N) is 1. The van der Waals surface area contributed by atoms with Gasteiger partial charge in [0.05, 0.1) is 7.11 Å². The maximum absolute atomic E-state index is 11.3. The van der Waals surface area contributed by atoms with E-state index in [1.807, 2.05) is 0 Å². The van der Waals surface area contributed by atoms with Crippen molar-refractivity contribution in [2.24, 2.45) is 5.92 Å². The SMILES string of the molecule is COC(=O)c1ccc(C(C2CNC2)S(=O)O)o1. The van der Waals surface area contributed by atoms with Gasteiger partial charge in [0, 0.05) is 19.0 Å². The lowest BCUT2D eigenvalue weighted by Gasteiger charge is -2.31. The van der Waals surface area contributed by atoms with E-state index >= 15 is 0 Å². The van der Waals surface area contributed by atoms with E-state index in [1.165, 1.54) is 13.2 Å². The van der Waals surface area contributed by atoms with Crippen molar-refractivity contribution in [3.63, 3.8) is 0 Å². The van der Waals surface area contributed by atoms with Crippen molar-refractivity contribution < 1.29 is 22.7 Å². The lowest BCUT2D eigenvalue weighted by atomic mass is 9.97. The van der Waals surface area contributed by atoms with E-state index in [-0.39, 0.29) is 11.7 Å². The maximum Gasteiger partial charge on any atom is 0.373 e. The second-order valence-electron chi connectivity index (χ2n) is 3.81. The number of esters is 1. The predicted octanol–water partition coefficient (Wildman–Crippen LogP) is 0.548. The van der Waals surface area contributed by atoms with E-state index in [9.17, 15) is 13.6 Å². The first kappa shape index (κ1) is 12.3. The Bertz CT molecular complexity index is 440. The van der Waals surface area contributed by atoms with E-state index in [1.54, 1.807) is 6.07 Å². The van der Waals surface area contributed by atoms with Crippen molar-refractivity contribution in [1.82, 2.24) is 5.32 Å². The molecule has 6 nitrogen and oxygen atoms in total. The molecule has 0 radical (unpaired) electrons. The van der Waals surface area contributed by atoms with Crippen LogP contribution in [-0.4, -0.2) is 34.9 Å². The van der Waals surface area contributed by atoms with Gasteiger partial charge in [-0.25, -0.2) is 9.00 Å². The normalized spacial score (nSPS) is 19.4. The number of carbonyl (C=O) groups is 1. The zero-order valence-corrected chi connectivity index (χ0v) is 10.0. The summed E-state index contributed by atoms with van der Waals surface area (Å²) in [6, 6.07) is 3.00. The second kappa shape index (κ2) is 4.99. The molecule has 0 amide bonds. The highest BCUT2D eigenvalue weighted by atomic mass is 32.2. The van der Waals surface area contributed by atoms with Crippen LogP contribution in [-0.2, 0) is 15.8 Å². The van der Waals surface area contributed by atoms with Gasteiger partial charge in [-0.2, -0.15) is 0 Å². The molecule has 94 valence electrons. The molecule has 1 aliphatic rings. The molecule has 1 fully saturated rings. The average molecular weight is 259 g/mol. The van der Waals surface area contributed by atoms with Gasteiger partial charge in [0.1, 0.15) is 11.0 Å². The van der Waals surface area contributed by atoms with E-state index in [2.05, 4.69) is 10.1 Å². The number of ether oxygens (including phenoxy) is 1. The van der Waals surface area contributed by atoms with Gasteiger partial charge in [0.25, 0.3) is 0 Å². The molecule has 0 aromatic carbocycles. The Morgan fingerprint density at radius 2 is 2.35 bits per heavy atom. The Morgan fingerprint density at radius 3 is 2.82 bits per heavy atom. The Morgan fingerprint density at radius 1 is 1.65 bits per heavy atom. The molecule has 7 heteroatoms. The van der Waals surface area contributed by atoms with Crippen LogP contribution in [0.25, 0.3) is 0 Å². The van der Waals surface area contributed by atoms with Crippen molar-refractivity contribution >= 4 is 17.0 Å². The first-order valence-corrected chi connectivity index (χ1v) is 6.29. The largest absolute Gasteiger partial charge is 0.463 e. The van der Waals surface area contributed by atoms with Gasteiger partial charge in [-0.3, -0.25) is 0 Å². The van der Waals surface area contributed by atoms with E-state index < -0.39 is 22.3 Å². The van der Waals surface area contributed by atoms with E-state index in [0.29, 0.717) is 18.8 Å². The van der Waals surface area contributed by atoms with Gasteiger partial charge in [0.15, 0.2) is 11.1 Å². The van der Waals surface area contributed by atoms with Gasteiger partial charge in [0.2, 0.25) is 5.76 Å². The summed E-state index contributed by atoms with van der Waals surface area (Å²) in [5.74, 6) is -0.147. The zero-order chi connectivity index (χ0) is 12.4. The third-order valence-corrected chi connectivity index (χ3v) is 3.80. The van der Waals surface area contributed by atoms with Crippen molar-refractivity contribution in [1.29, 1.82) is 0 Å². The van der Waals surface area contributed by atoms with Gasteiger partial charge >= 0.3 is 5.97 Å². The van der Waals surface area contributed by atoms with Crippen molar-refractivity contribution in [3.8, 4) is 0 Å². The van der Waals surface area contributed by atoms with Crippen LogP contribution in [0.4, 0.5) is 0 Å². The summed E-state index contributed by atoms with van der Waals surface area (Å²) in [5, 5.41) is 2.43. The molecule has 2 atom stereocenters. The van der Waals surface area contributed by atoms with Crippen molar-refractivity contribution in [2.45, 2.75) is 5.25 Å². The summed E-state index contributed by atoms with van der Waals surface area (Å²) in [6.07, 6.45) is 0. The molecule has 1 aliphatic heterocycles. The molecule has 17 heavy (non-hydrogen) atoms. The summed E-state index contributed by atoms with van der Waals surface area (Å²) in [6.45, 7) is 1.34. The molecule has 1 aromatic heterocycles. The zero-order valence-electron chi connectivity index (χ0n) is 9.21. The number of methoxy groups -OCH3 is 1. The van der Waals surface area contributed by atoms with Gasteiger partial charge in [-0.05, 0) is 12.1 Å². The van der Waals surface area contributed by atoms with Crippen LogP contribution in [0.5, 0.6) is 0 Å². The highest BCUT2D eigenvalue weighted by Gasteiger charge is 2.35. The lowest BCUT2D eigenvalue weighted by Crippen LogP contribution is -2.46. The molecule has 2 rings (SSSR count). The fraction of sp³-hybridized carbons (Fsp3) is 0.500. The van der Waals surface area contributed by atoms with Crippen LogP contribution in [0.3, 0.4) is 0 Å². The van der Waals surface area contributed by atoms with Crippen LogP contribution in [0.2, 0.25) is 0 Å². The highest BCUT2D eigenvalue weighted by Crippen LogP contribution is 2.31. The summed E-state index contributed by atoms with van der Waals surface area (Å²) in [7, 11) is 1.25. The molecule has 1 saturated heterocycles. The molecule has 0 saturated carbocycles. The topological polar surface area (TPSA) is 88.8 Å².